The predicted octanol–water partition coefficient (Wildman–Crippen LogP) is 4.17. The maximum atomic E-state index is 13.6. The van der Waals surface area contributed by atoms with Gasteiger partial charge in [0.15, 0.2) is 5.78 Å². The Hall–Kier alpha value is -2.96. The Kier molecular flexibility index (Phi) is 7.54. The number of aromatic nitrogens is 1. The maximum Gasteiger partial charge on any atom is 0.355 e. The van der Waals surface area contributed by atoms with Crippen molar-refractivity contribution < 1.29 is 23.5 Å². The zero-order valence-electron chi connectivity index (χ0n) is 18.4. The van der Waals surface area contributed by atoms with Crippen molar-refractivity contribution in [3.05, 3.63) is 58.2 Å². The van der Waals surface area contributed by atoms with Crippen LogP contribution in [0.25, 0.3) is 0 Å². The SMILES string of the molecule is CCOC(=O)c1c(C)c(C(=O)CN(C(=O)c2cccc(F)c2)C(C)C)c(C)n1CC. The van der Waals surface area contributed by atoms with Crippen LogP contribution in [0.3, 0.4) is 0 Å². The van der Waals surface area contributed by atoms with Crippen LogP contribution >= 0.6 is 0 Å². The number of benzene rings is 1. The Morgan fingerprint density at radius 2 is 1.83 bits per heavy atom. The van der Waals surface area contributed by atoms with Gasteiger partial charge in [0.05, 0.1) is 13.2 Å². The Morgan fingerprint density at radius 3 is 2.37 bits per heavy atom. The van der Waals surface area contributed by atoms with Crippen LogP contribution in [0.5, 0.6) is 0 Å². The summed E-state index contributed by atoms with van der Waals surface area (Å²) in [5, 5.41) is 0. The van der Waals surface area contributed by atoms with Crippen LogP contribution in [-0.4, -0.2) is 46.3 Å². The molecule has 0 radical (unpaired) electrons. The molecule has 1 aromatic heterocycles. The van der Waals surface area contributed by atoms with Gasteiger partial charge < -0.3 is 14.2 Å². The van der Waals surface area contributed by atoms with E-state index in [1.165, 1.54) is 23.1 Å². The number of rotatable bonds is 8. The van der Waals surface area contributed by atoms with Gasteiger partial charge in [-0.3, -0.25) is 9.59 Å². The first-order valence-corrected chi connectivity index (χ1v) is 10.1. The molecule has 0 N–H and O–H groups in total. The van der Waals surface area contributed by atoms with Crippen LogP contribution < -0.4 is 0 Å². The van der Waals surface area contributed by atoms with Crippen LogP contribution in [0.2, 0.25) is 0 Å². The molecule has 30 heavy (non-hydrogen) atoms. The minimum Gasteiger partial charge on any atom is -0.461 e. The van der Waals surface area contributed by atoms with Crippen molar-refractivity contribution in [2.75, 3.05) is 13.2 Å². The molecule has 0 unspecified atom stereocenters. The average molecular weight is 416 g/mol. The number of ether oxygens (including phenoxy) is 1. The van der Waals surface area contributed by atoms with Crippen LogP contribution in [0.4, 0.5) is 4.39 Å². The first-order chi connectivity index (χ1) is 14.1. The number of ketones is 1. The number of nitrogens with zero attached hydrogens (tertiary/aromatic N) is 2. The zero-order valence-corrected chi connectivity index (χ0v) is 18.4. The third-order valence-electron chi connectivity index (χ3n) is 5.10. The van der Waals surface area contributed by atoms with Crippen molar-refractivity contribution in [3.8, 4) is 0 Å². The molecular formula is C23H29FN2O4. The molecule has 0 atom stereocenters. The number of carbonyl (C=O) groups excluding carboxylic acids is 3. The normalized spacial score (nSPS) is 10.9. The first kappa shape index (κ1) is 23.3. The highest BCUT2D eigenvalue weighted by Crippen LogP contribution is 2.24. The van der Waals surface area contributed by atoms with E-state index < -0.39 is 17.7 Å². The van der Waals surface area contributed by atoms with Gasteiger partial charge >= 0.3 is 5.97 Å². The maximum absolute atomic E-state index is 13.6. The topological polar surface area (TPSA) is 68.6 Å². The monoisotopic (exact) mass is 416 g/mol. The molecule has 162 valence electrons. The fraction of sp³-hybridized carbons (Fsp3) is 0.435. The van der Waals surface area contributed by atoms with E-state index in [0.29, 0.717) is 29.1 Å². The van der Waals surface area contributed by atoms with E-state index in [-0.39, 0.29) is 30.5 Å². The second-order valence-electron chi connectivity index (χ2n) is 7.36. The molecule has 0 bridgehead atoms. The molecule has 1 aromatic carbocycles. The van der Waals surface area contributed by atoms with Gasteiger partial charge in [-0.25, -0.2) is 9.18 Å². The van der Waals surface area contributed by atoms with Crippen molar-refractivity contribution in [1.82, 2.24) is 9.47 Å². The van der Waals surface area contributed by atoms with E-state index in [1.54, 1.807) is 39.2 Å². The minimum absolute atomic E-state index is 0.176. The molecule has 0 saturated carbocycles. The number of hydrogen-bond donors (Lipinski definition) is 0. The van der Waals surface area contributed by atoms with Crippen molar-refractivity contribution in [3.63, 3.8) is 0 Å². The van der Waals surface area contributed by atoms with Gasteiger partial charge in [0, 0.05) is 29.4 Å². The van der Waals surface area contributed by atoms with E-state index in [0.717, 1.165) is 6.07 Å². The molecule has 2 aromatic rings. The van der Waals surface area contributed by atoms with E-state index >= 15 is 0 Å². The summed E-state index contributed by atoms with van der Waals surface area (Å²) in [5.41, 5.74) is 2.15. The molecule has 1 heterocycles. The summed E-state index contributed by atoms with van der Waals surface area (Å²) in [7, 11) is 0. The largest absolute Gasteiger partial charge is 0.461 e. The van der Waals surface area contributed by atoms with Crippen LogP contribution in [0.1, 0.15) is 70.2 Å². The van der Waals surface area contributed by atoms with Gasteiger partial charge in [-0.2, -0.15) is 0 Å². The highest BCUT2D eigenvalue weighted by atomic mass is 19.1. The molecule has 6 nitrogen and oxygen atoms in total. The van der Waals surface area contributed by atoms with Gasteiger partial charge in [-0.15, -0.1) is 0 Å². The number of Topliss-reactive ketones (excluding diaryl/α,β-unsaturated/α-hetero) is 1. The van der Waals surface area contributed by atoms with Crippen LogP contribution in [0, 0.1) is 19.7 Å². The third-order valence-corrected chi connectivity index (χ3v) is 5.10. The molecule has 0 aliphatic heterocycles. The standard InChI is InChI=1S/C23H29FN2O4/c1-7-25-16(6)20(15(5)21(25)23(29)30-8-2)19(27)13-26(14(3)4)22(28)17-10-9-11-18(24)12-17/h9-12,14H,7-8,13H2,1-6H3. The molecule has 0 spiro atoms. The predicted molar refractivity (Wildman–Crippen MR) is 112 cm³/mol. The van der Waals surface area contributed by atoms with Gasteiger partial charge in [0.2, 0.25) is 0 Å². The quantitative estimate of drug-likeness (QED) is 0.478. The van der Waals surface area contributed by atoms with Gasteiger partial charge in [-0.05, 0) is 65.3 Å². The van der Waals surface area contributed by atoms with E-state index in [1.807, 2.05) is 6.92 Å². The van der Waals surface area contributed by atoms with E-state index in [4.69, 9.17) is 4.74 Å². The average Bonchev–Trinajstić information content (AvgIpc) is 2.95. The van der Waals surface area contributed by atoms with Crippen molar-refractivity contribution in [2.24, 2.45) is 0 Å². The van der Waals surface area contributed by atoms with E-state index in [9.17, 15) is 18.8 Å². The zero-order chi connectivity index (χ0) is 22.6. The molecule has 0 aliphatic carbocycles. The lowest BCUT2D eigenvalue weighted by Gasteiger charge is -2.26. The fourth-order valence-corrected chi connectivity index (χ4v) is 3.67. The number of amides is 1. The highest BCUT2D eigenvalue weighted by Gasteiger charge is 2.29. The Bertz CT molecular complexity index is 962. The number of esters is 1. The summed E-state index contributed by atoms with van der Waals surface area (Å²) < 4.78 is 20.5. The summed E-state index contributed by atoms with van der Waals surface area (Å²) in [6.45, 7) is 11.3. The molecular weight excluding hydrogens is 387 g/mol. The lowest BCUT2D eigenvalue weighted by Crippen LogP contribution is -2.41. The van der Waals surface area contributed by atoms with E-state index in [2.05, 4.69) is 0 Å². The number of halogens is 1. The Balaban J connectivity index is 2.41. The summed E-state index contributed by atoms with van der Waals surface area (Å²) in [6.07, 6.45) is 0. The highest BCUT2D eigenvalue weighted by molar-refractivity contribution is 6.06. The third kappa shape index (κ3) is 4.61. The smallest absolute Gasteiger partial charge is 0.355 e. The summed E-state index contributed by atoms with van der Waals surface area (Å²) in [5.74, 6) is -1.69. The summed E-state index contributed by atoms with van der Waals surface area (Å²) in [4.78, 5) is 40.0. The molecule has 0 aliphatic rings. The van der Waals surface area contributed by atoms with Gasteiger partial charge in [0.1, 0.15) is 11.5 Å². The second kappa shape index (κ2) is 9.69. The summed E-state index contributed by atoms with van der Waals surface area (Å²) >= 11 is 0. The van der Waals surface area contributed by atoms with Crippen molar-refractivity contribution in [2.45, 2.75) is 54.1 Å². The fourth-order valence-electron chi connectivity index (χ4n) is 3.67. The lowest BCUT2D eigenvalue weighted by molar-refractivity contribution is 0.0512. The minimum atomic E-state index is -0.512. The molecule has 0 fully saturated rings. The van der Waals surface area contributed by atoms with Gasteiger partial charge in [0.25, 0.3) is 5.91 Å². The molecule has 0 saturated heterocycles. The summed E-state index contributed by atoms with van der Waals surface area (Å²) in [6, 6.07) is 5.13. The van der Waals surface area contributed by atoms with Gasteiger partial charge in [-0.1, -0.05) is 6.07 Å². The second-order valence-corrected chi connectivity index (χ2v) is 7.36. The van der Waals surface area contributed by atoms with Crippen LogP contribution in [0.15, 0.2) is 24.3 Å². The van der Waals surface area contributed by atoms with Crippen molar-refractivity contribution >= 4 is 17.7 Å². The molecule has 7 heteroatoms. The molecule has 2 rings (SSSR count). The van der Waals surface area contributed by atoms with Crippen molar-refractivity contribution in [1.29, 1.82) is 0 Å². The molecule has 1 amide bonds. The Morgan fingerprint density at radius 1 is 1.17 bits per heavy atom. The Labute approximate surface area is 176 Å². The van der Waals surface area contributed by atoms with Crippen LogP contribution in [-0.2, 0) is 11.3 Å². The number of hydrogen-bond acceptors (Lipinski definition) is 4. The first-order valence-electron chi connectivity index (χ1n) is 10.1. The lowest BCUT2D eigenvalue weighted by atomic mass is 10.0. The number of carbonyl (C=O) groups is 3.